The molecule has 0 radical (unpaired) electrons. The van der Waals surface area contributed by atoms with Crippen LogP contribution in [0.15, 0.2) is 11.8 Å². The zero-order valence-corrected chi connectivity index (χ0v) is 8.62. The standard InChI is InChI=1S/C11H20O2/c1-3-6-9(2)11(12)10-7-4-5-8-13-10/h7,9,11-12H,3-6,8H2,1-2H3. The third-order valence-electron chi connectivity index (χ3n) is 2.54. The van der Waals surface area contributed by atoms with Crippen LogP contribution in [-0.4, -0.2) is 17.8 Å². The molecule has 0 amide bonds. The van der Waals surface area contributed by atoms with Gasteiger partial charge in [0.25, 0.3) is 0 Å². The molecule has 13 heavy (non-hydrogen) atoms. The maximum atomic E-state index is 9.88. The van der Waals surface area contributed by atoms with Gasteiger partial charge in [0.05, 0.1) is 6.61 Å². The van der Waals surface area contributed by atoms with Gasteiger partial charge >= 0.3 is 0 Å². The van der Waals surface area contributed by atoms with Crippen LogP contribution in [0.2, 0.25) is 0 Å². The normalized spacial score (nSPS) is 21.6. The minimum atomic E-state index is -0.389. The van der Waals surface area contributed by atoms with Crippen LogP contribution in [0.1, 0.15) is 39.5 Å². The van der Waals surface area contributed by atoms with Crippen LogP contribution in [0.3, 0.4) is 0 Å². The van der Waals surface area contributed by atoms with Gasteiger partial charge in [-0.2, -0.15) is 0 Å². The molecule has 2 nitrogen and oxygen atoms in total. The van der Waals surface area contributed by atoms with Crippen molar-refractivity contribution in [3.63, 3.8) is 0 Å². The second-order valence-corrected chi connectivity index (χ2v) is 3.81. The van der Waals surface area contributed by atoms with Crippen LogP contribution in [0.4, 0.5) is 0 Å². The number of hydrogen-bond acceptors (Lipinski definition) is 2. The number of ether oxygens (including phenoxy) is 1. The predicted molar refractivity (Wildman–Crippen MR) is 53.3 cm³/mol. The minimum Gasteiger partial charge on any atom is -0.495 e. The molecule has 0 saturated carbocycles. The van der Waals surface area contributed by atoms with Gasteiger partial charge in [0.1, 0.15) is 11.9 Å². The number of allylic oxidation sites excluding steroid dienone is 1. The molecule has 0 aromatic carbocycles. The van der Waals surface area contributed by atoms with E-state index in [1.165, 1.54) is 0 Å². The molecule has 1 N–H and O–H groups in total. The zero-order valence-electron chi connectivity index (χ0n) is 8.62. The van der Waals surface area contributed by atoms with Crippen LogP contribution in [0.25, 0.3) is 0 Å². The number of aliphatic hydroxyl groups excluding tert-OH is 1. The van der Waals surface area contributed by atoms with Gasteiger partial charge in [-0.05, 0) is 31.3 Å². The summed E-state index contributed by atoms with van der Waals surface area (Å²) in [5.74, 6) is 1.11. The fraction of sp³-hybridized carbons (Fsp3) is 0.818. The van der Waals surface area contributed by atoms with E-state index < -0.39 is 0 Å². The highest BCUT2D eigenvalue weighted by atomic mass is 16.5. The lowest BCUT2D eigenvalue weighted by Crippen LogP contribution is -2.23. The van der Waals surface area contributed by atoms with Crippen LogP contribution >= 0.6 is 0 Å². The molecule has 0 bridgehead atoms. The Morgan fingerprint density at radius 3 is 2.92 bits per heavy atom. The molecule has 76 valence electrons. The van der Waals surface area contributed by atoms with Gasteiger partial charge in [0.2, 0.25) is 0 Å². The van der Waals surface area contributed by atoms with Gasteiger partial charge < -0.3 is 9.84 Å². The Morgan fingerprint density at radius 2 is 2.38 bits per heavy atom. The average Bonchev–Trinajstić information content (AvgIpc) is 2.18. The lowest BCUT2D eigenvalue weighted by Gasteiger charge is -2.24. The van der Waals surface area contributed by atoms with E-state index in [1.807, 2.05) is 6.08 Å². The molecular weight excluding hydrogens is 164 g/mol. The molecule has 1 heterocycles. The molecule has 2 atom stereocenters. The highest BCUT2D eigenvalue weighted by molar-refractivity contribution is 5.03. The van der Waals surface area contributed by atoms with Crippen molar-refractivity contribution in [2.45, 2.75) is 45.6 Å². The first kappa shape index (κ1) is 10.6. The number of rotatable bonds is 4. The highest BCUT2D eigenvalue weighted by Crippen LogP contribution is 2.21. The first-order valence-electron chi connectivity index (χ1n) is 5.26. The summed E-state index contributed by atoms with van der Waals surface area (Å²) >= 11 is 0. The summed E-state index contributed by atoms with van der Waals surface area (Å²) in [5, 5.41) is 9.88. The highest BCUT2D eigenvalue weighted by Gasteiger charge is 2.20. The fourth-order valence-electron chi connectivity index (χ4n) is 1.68. The van der Waals surface area contributed by atoms with E-state index in [4.69, 9.17) is 4.74 Å². The molecule has 0 aromatic heterocycles. The first-order valence-corrected chi connectivity index (χ1v) is 5.26. The Morgan fingerprint density at radius 1 is 1.62 bits per heavy atom. The van der Waals surface area contributed by atoms with E-state index in [2.05, 4.69) is 13.8 Å². The van der Waals surface area contributed by atoms with Crippen molar-refractivity contribution in [1.82, 2.24) is 0 Å². The van der Waals surface area contributed by atoms with Crippen molar-refractivity contribution < 1.29 is 9.84 Å². The summed E-state index contributed by atoms with van der Waals surface area (Å²) in [4.78, 5) is 0. The summed E-state index contributed by atoms with van der Waals surface area (Å²) in [6.45, 7) is 4.98. The van der Waals surface area contributed by atoms with Crippen LogP contribution < -0.4 is 0 Å². The van der Waals surface area contributed by atoms with Crippen molar-refractivity contribution in [2.24, 2.45) is 5.92 Å². The number of aliphatic hydroxyl groups is 1. The maximum Gasteiger partial charge on any atom is 0.121 e. The second kappa shape index (κ2) is 5.28. The third kappa shape index (κ3) is 3.03. The smallest absolute Gasteiger partial charge is 0.121 e. The largest absolute Gasteiger partial charge is 0.495 e. The molecule has 1 aliphatic rings. The lowest BCUT2D eigenvalue weighted by molar-refractivity contribution is 0.0574. The fourth-order valence-corrected chi connectivity index (χ4v) is 1.68. The van der Waals surface area contributed by atoms with E-state index in [1.54, 1.807) is 0 Å². The minimum absolute atomic E-state index is 0.314. The monoisotopic (exact) mass is 184 g/mol. The van der Waals surface area contributed by atoms with Gasteiger partial charge in [-0.25, -0.2) is 0 Å². The molecule has 2 heteroatoms. The van der Waals surface area contributed by atoms with Gasteiger partial charge in [0.15, 0.2) is 0 Å². The van der Waals surface area contributed by atoms with E-state index >= 15 is 0 Å². The summed E-state index contributed by atoms with van der Waals surface area (Å²) < 4.78 is 5.42. The van der Waals surface area contributed by atoms with E-state index in [0.717, 1.165) is 38.0 Å². The van der Waals surface area contributed by atoms with Crippen molar-refractivity contribution in [2.75, 3.05) is 6.61 Å². The summed E-state index contributed by atoms with van der Waals surface area (Å²) in [5.41, 5.74) is 0. The zero-order chi connectivity index (χ0) is 9.68. The van der Waals surface area contributed by atoms with Crippen LogP contribution in [0, 0.1) is 5.92 Å². The number of hydrogen-bond donors (Lipinski definition) is 1. The van der Waals surface area contributed by atoms with Crippen molar-refractivity contribution in [3.8, 4) is 0 Å². The summed E-state index contributed by atoms with van der Waals surface area (Å²) in [6, 6.07) is 0. The Labute approximate surface area is 80.6 Å². The molecule has 1 rings (SSSR count). The molecule has 0 saturated heterocycles. The third-order valence-corrected chi connectivity index (χ3v) is 2.54. The first-order chi connectivity index (χ1) is 6.25. The topological polar surface area (TPSA) is 29.5 Å². The Bertz CT molecular complexity index is 175. The Balaban J connectivity index is 2.44. The van der Waals surface area contributed by atoms with Crippen LogP contribution in [-0.2, 0) is 4.74 Å². The molecule has 0 aliphatic carbocycles. The summed E-state index contributed by atoms with van der Waals surface area (Å²) in [7, 11) is 0. The van der Waals surface area contributed by atoms with Crippen molar-refractivity contribution >= 4 is 0 Å². The van der Waals surface area contributed by atoms with E-state index in [9.17, 15) is 5.11 Å². The van der Waals surface area contributed by atoms with E-state index in [-0.39, 0.29) is 6.10 Å². The van der Waals surface area contributed by atoms with E-state index in [0.29, 0.717) is 5.92 Å². The molecule has 2 unspecified atom stereocenters. The van der Waals surface area contributed by atoms with Gasteiger partial charge in [0, 0.05) is 0 Å². The van der Waals surface area contributed by atoms with Crippen molar-refractivity contribution in [3.05, 3.63) is 11.8 Å². The lowest BCUT2D eigenvalue weighted by atomic mass is 9.97. The van der Waals surface area contributed by atoms with Crippen LogP contribution in [0.5, 0.6) is 0 Å². The molecule has 0 fully saturated rings. The molecule has 0 spiro atoms. The molecular formula is C11H20O2. The summed E-state index contributed by atoms with van der Waals surface area (Å²) in [6.07, 6.45) is 5.94. The average molecular weight is 184 g/mol. The second-order valence-electron chi connectivity index (χ2n) is 3.81. The van der Waals surface area contributed by atoms with Gasteiger partial charge in [-0.15, -0.1) is 0 Å². The Hall–Kier alpha value is -0.500. The molecule has 1 aliphatic heterocycles. The SMILES string of the molecule is CCCC(C)C(O)C1=CCCCO1. The van der Waals surface area contributed by atoms with Gasteiger partial charge in [-0.1, -0.05) is 20.3 Å². The Kier molecular flexibility index (Phi) is 4.29. The maximum absolute atomic E-state index is 9.88. The van der Waals surface area contributed by atoms with Gasteiger partial charge in [-0.3, -0.25) is 0 Å². The quantitative estimate of drug-likeness (QED) is 0.727. The van der Waals surface area contributed by atoms with Crippen molar-refractivity contribution in [1.29, 1.82) is 0 Å². The molecule has 0 aromatic rings. The predicted octanol–water partition coefficient (Wildman–Crippen LogP) is 2.48.